The first kappa shape index (κ1) is 74.6. The van der Waals surface area contributed by atoms with Crippen molar-refractivity contribution in [3.8, 4) is 0 Å². The van der Waals surface area contributed by atoms with Crippen LogP contribution in [-0.2, 0) is 83.7 Å². The van der Waals surface area contributed by atoms with Gasteiger partial charge in [0, 0.05) is 98.1 Å². The van der Waals surface area contributed by atoms with Crippen LogP contribution in [0.5, 0.6) is 0 Å². The van der Waals surface area contributed by atoms with Gasteiger partial charge < -0.3 is 65.0 Å². The molecule has 0 heterocycles. The molecule has 0 fully saturated rings. The fourth-order valence-corrected chi connectivity index (χ4v) is 9.00. The van der Waals surface area contributed by atoms with Crippen LogP contribution in [0.2, 0.25) is 12.1 Å². The third-order valence-corrected chi connectivity index (χ3v) is 15.9. The lowest BCUT2D eigenvalue weighted by Crippen LogP contribution is -2.70. The van der Waals surface area contributed by atoms with Crippen molar-refractivity contribution in [3.05, 3.63) is 63.3 Å². The van der Waals surface area contributed by atoms with E-state index in [1.165, 1.54) is 21.3 Å². The predicted molar refractivity (Wildman–Crippen MR) is 244 cm³/mol. The summed E-state index contributed by atoms with van der Waals surface area (Å²) in [4.78, 5) is 72.7. The average Bonchev–Trinajstić information content (AvgIpc) is 3.41. The maximum atomic E-state index is 13.6. The van der Waals surface area contributed by atoms with Crippen molar-refractivity contribution in [2.45, 2.75) is 60.7 Å². The predicted octanol–water partition coefficient (Wildman–Crippen LogP) is 6.61. The van der Waals surface area contributed by atoms with Crippen LogP contribution < -0.4 is 5.32 Å². The van der Waals surface area contributed by atoms with E-state index in [4.69, 9.17) is 46.4 Å². The fourth-order valence-electron chi connectivity index (χ4n) is 5.55. The smallest absolute Gasteiger partial charge is 0.462 e. The lowest BCUT2D eigenvalue weighted by Gasteiger charge is -2.40. The van der Waals surface area contributed by atoms with Crippen LogP contribution in [0.3, 0.4) is 0 Å². The topological polar surface area (TPSA) is 234 Å². The van der Waals surface area contributed by atoms with E-state index in [-0.39, 0.29) is 6.54 Å². The Morgan fingerprint density at radius 3 is 0.974 bits per heavy atom. The van der Waals surface area contributed by atoms with Crippen molar-refractivity contribution in [1.82, 2.24) is 5.32 Å². The number of alkyl carbamates (subject to hydrolysis) is 1. The normalized spacial score (nSPS) is 12.9. The first-order valence-electron chi connectivity index (χ1n) is 21.6. The van der Waals surface area contributed by atoms with Gasteiger partial charge in [0.2, 0.25) is 0 Å². The third kappa shape index (κ3) is 21.3. The largest absolute Gasteiger partial charge is 0.500 e. The molecule has 0 bridgehead atoms. The van der Waals surface area contributed by atoms with Crippen molar-refractivity contribution in [1.29, 1.82) is 0 Å². The van der Waals surface area contributed by atoms with Crippen LogP contribution in [0, 0.1) is 10.8 Å². The summed E-state index contributed by atoms with van der Waals surface area (Å²) in [6.45, 7) is 12.8. The van der Waals surface area contributed by atoms with Gasteiger partial charge >= 0.3 is 89.3 Å². The highest BCUT2D eigenvalue weighted by molar-refractivity contribution is 6.60. The summed E-state index contributed by atoms with van der Waals surface area (Å²) in [6.07, 6.45) is -5.90. The highest BCUT2D eigenvalue weighted by Crippen LogP contribution is 2.61. The van der Waals surface area contributed by atoms with Gasteiger partial charge in [0.25, 0.3) is 0 Å². The zero-order valence-electron chi connectivity index (χ0n) is 42.8. The lowest BCUT2D eigenvalue weighted by molar-refractivity contribution is -0.440. The molecule has 0 aliphatic rings. The Morgan fingerprint density at radius 1 is 0.410 bits per heavy atom. The monoisotopic (exact) mass is 1200 g/mol. The number of halogens is 13. The highest BCUT2D eigenvalue weighted by atomic mass is 28.4. The van der Waals surface area contributed by atoms with Crippen molar-refractivity contribution >= 4 is 53.5 Å². The van der Waals surface area contributed by atoms with E-state index in [2.05, 4.69) is 51.5 Å². The van der Waals surface area contributed by atoms with Crippen LogP contribution in [0.15, 0.2) is 63.3 Å². The summed E-state index contributed by atoms with van der Waals surface area (Å²) in [7, 11) is -0.317. The minimum Gasteiger partial charge on any atom is -0.462 e. The number of rotatable bonds is 38. The Labute approximate surface area is 440 Å². The first-order valence-corrected chi connectivity index (χ1v) is 25.5. The molecule has 35 heteroatoms. The van der Waals surface area contributed by atoms with E-state index in [0.29, 0.717) is 12.5 Å². The van der Waals surface area contributed by atoms with Crippen molar-refractivity contribution in [2.24, 2.45) is 10.8 Å². The van der Waals surface area contributed by atoms with E-state index in [1.54, 1.807) is 0 Å². The molecule has 0 unspecified atom stereocenters. The molecule has 0 saturated carbocycles. The van der Waals surface area contributed by atoms with Crippen LogP contribution in [-0.4, -0.2) is 191 Å². The third-order valence-electron chi connectivity index (χ3n) is 10.3. The molecule has 1 N–H and O–H groups in total. The average molecular weight is 1200 g/mol. The molecule has 20 nitrogen and oxygen atoms in total. The zero-order chi connectivity index (χ0) is 61.1. The molecular formula is C43H60F13NO19Si2. The van der Waals surface area contributed by atoms with Crippen LogP contribution in [0.1, 0.15) is 12.8 Å². The summed E-state index contributed by atoms with van der Waals surface area (Å²) in [5, 5.41) is 2.57. The summed E-state index contributed by atoms with van der Waals surface area (Å²) in [6, 6.07) is -1.01. The number of carbonyl (C=O) groups excluding carboxylic acids is 6. The van der Waals surface area contributed by atoms with Crippen molar-refractivity contribution in [2.75, 3.05) is 102 Å². The molecule has 0 radical (unpaired) electrons. The number of amides is 1. The molecule has 0 aromatic rings. The second-order valence-electron chi connectivity index (χ2n) is 15.7. The number of ether oxygens (including phenoxy) is 7. The maximum Gasteiger partial charge on any atom is 0.500 e. The van der Waals surface area contributed by atoms with E-state index < -0.39 is 165 Å². The van der Waals surface area contributed by atoms with Gasteiger partial charge in [-0.1, -0.05) is 32.9 Å². The molecule has 0 rings (SSSR count). The molecule has 0 spiro atoms. The Kier molecular flexibility index (Phi) is 31.2. The lowest BCUT2D eigenvalue weighted by atomic mass is 9.90. The highest BCUT2D eigenvalue weighted by Gasteiger charge is 2.90. The molecule has 0 aliphatic carbocycles. The molecule has 0 aliphatic heterocycles. The minimum atomic E-state index is -7.91. The van der Waals surface area contributed by atoms with Crippen LogP contribution in [0.4, 0.5) is 61.9 Å². The number of esters is 5. The Bertz CT molecular complexity index is 1910. The molecule has 78 heavy (non-hydrogen) atoms. The van der Waals surface area contributed by atoms with Gasteiger partial charge in [-0.15, -0.1) is 0 Å². The second kappa shape index (κ2) is 32.6. The molecule has 1 amide bonds. The Morgan fingerprint density at radius 2 is 0.692 bits per heavy atom. The maximum absolute atomic E-state index is 13.6. The summed E-state index contributed by atoms with van der Waals surface area (Å²) in [5.41, 5.74) is -3.08. The molecule has 0 atom stereocenters. The number of hydrogen-bond acceptors (Lipinski definition) is 19. The van der Waals surface area contributed by atoms with Crippen molar-refractivity contribution < 1.29 is 146 Å². The van der Waals surface area contributed by atoms with Crippen LogP contribution in [0.25, 0.3) is 0 Å². The molecule has 0 aromatic heterocycles. The molecule has 0 saturated heterocycles. The van der Waals surface area contributed by atoms with Gasteiger partial charge in [-0.2, -0.15) is 57.1 Å². The quantitative estimate of drug-likeness (QED) is 0.0171. The van der Waals surface area contributed by atoms with Gasteiger partial charge in [0.1, 0.15) is 39.6 Å². The van der Waals surface area contributed by atoms with Crippen molar-refractivity contribution in [3.63, 3.8) is 0 Å². The van der Waals surface area contributed by atoms with E-state index >= 15 is 0 Å². The SMILES string of the molecule is C=CC(=O)OCC(COCC(COC(=O)C=C)(COC(=O)C=C)COC(=O)NCCC[Si](OC)(OC)OC)(COC(=O)C=C)COC(=O)C=C.CO[Si](CCC(F)(F)C(F)(F)C(F)(F)C(F)(F)C(F)(F)C(F)(F)F)(OC)OC. The van der Waals surface area contributed by atoms with Gasteiger partial charge in [0.15, 0.2) is 0 Å². The van der Waals surface area contributed by atoms with Gasteiger partial charge in [-0.25, -0.2) is 28.8 Å². The number of hydrogen-bond donors (Lipinski definition) is 1. The Hall–Kier alpha value is -5.44. The first-order chi connectivity index (χ1) is 35.9. The number of nitrogens with one attached hydrogen (secondary N) is 1. The number of carbonyl (C=O) groups is 6. The van der Waals surface area contributed by atoms with Crippen LogP contribution >= 0.6 is 0 Å². The molecule has 0 aromatic carbocycles. The van der Waals surface area contributed by atoms with Gasteiger partial charge in [0.05, 0.1) is 24.0 Å². The van der Waals surface area contributed by atoms with E-state index in [0.717, 1.165) is 51.7 Å². The second-order valence-corrected chi connectivity index (χ2v) is 21.9. The zero-order valence-corrected chi connectivity index (χ0v) is 44.8. The van der Waals surface area contributed by atoms with Gasteiger partial charge in [-0.05, 0) is 6.42 Å². The fraction of sp³-hybridized carbons (Fsp3) is 0.628. The standard InChI is InChI=1S/C32H47NO16Si.C11H13F13O3Si/c1-9-25(34)44-19-31(20-45-26(35)10-2,21-46-27(36)11-3)17-43-18-32(22-47-28(37)12-4,23-48-29(38)13-5)24-49-30(39)33-15-14-16-50(40-6,41-7)42-8;1-25-28(26-2,27-3)5-4-6(12,13)7(14,15)8(16,17)9(18,19)10(20,21)11(22,23)24/h9-13H,1-5,14-24H2,6-8H3,(H,33,39);4-5H2,1-3H3. The van der Waals surface area contributed by atoms with E-state index in [9.17, 15) is 85.8 Å². The number of alkyl halides is 13. The van der Waals surface area contributed by atoms with Gasteiger partial charge in [-0.3, -0.25) is 0 Å². The molecular weight excluding hydrogens is 1140 g/mol. The van der Waals surface area contributed by atoms with E-state index in [1.807, 2.05) is 0 Å². The summed E-state index contributed by atoms with van der Waals surface area (Å²) in [5.74, 6) is -41.2. The molecule has 450 valence electrons. The summed E-state index contributed by atoms with van der Waals surface area (Å²) < 4.78 is 235. The summed E-state index contributed by atoms with van der Waals surface area (Å²) >= 11 is 0. The minimum absolute atomic E-state index is 0.142. The Balaban J connectivity index is 0.